The molecular formula is C26H23N3OS. The van der Waals surface area contributed by atoms with Gasteiger partial charge in [0.15, 0.2) is 5.13 Å². The van der Waals surface area contributed by atoms with E-state index in [-0.39, 0.29) is 0 Å². The number of nitrogens with one attached hydrogen (secondary N) is 1. The van der Waals surface area contributed by atoms with Gasteiger partial charge in [-0.3, -0.25) is 0 Å². The van der Waals surface area contributed by atoms with Gasteiger partial charge in [-0.05, 0) is 30.7 Å². The molecule has 0 atom stereocenters. The van der Waals surface area contributed by atoms with Crippen LogP contribution in [-0.4, -0.2) is 16.7 Å². The van der Waals surface area contributed by atoms with E-state index in [2.05, 4.69) is 76.8 Å². The summed E-state index contributed by atoms with van der Waals surface area (Å²) in [6.45, 7) is 3.09. The summed E-state index contributed by atoms with van der Waals surface area (Å²) >= 11 is 1.61. The third-order valence-corrected chi connectivity index (χ3v) is 6.17. The lowest BCUT2D eigenvalue weighted by Gasteiger charge is -2.10. The van der Waals surface area contributed by atoms with E-state index in [0.29, 0.717) is 0 Å². The number of para-hydroxylation sites is 1. The Hall–Kier alpha value is -3.57. The zero-order chi connectivity index (χ0) is 21.2. The van der Waals surface area contributed by atoms with Gasteiger partial charge in [0.05, 0.1) is 18.5 Å². The van der Waals surface area contributed by atoms with E-state index in [1.54, 1.807) is 18.4 Å². The molecule has 2 aromatic heterocycles. The molecule has 0 aliphatic rings. The third kappa shape index (κ3) is 3.57. The molecule has 1 N–H and O–H groups in total. The van der Waals surface area contributed by atoms with Crippen LogP contribution in [-0.2, 0) is 6.54 Å². The molecule has 3 aromatic carbocycles. The first-order valence-corrected chi connectivity index (χ1v) is 11.2. The molecule has 5 rings (SSSR count). The molecule has 0 fully saturated rings. The van der Waals surface area contributed by atoms with Crippen molar-refractivity contribution < 1.29 is 4.74 Å². The molecule has 5 heteroatoms. The van der Waals surface area contributed by atoms with Crippen molar-refractivity contribution in [3.8, 4) is 28.3 Å². The van der Waals surface area contributed by atoms with Crippen molar-refractivity contribution in [2.75, 3.05) is 12.4 Å². The molecule has 0 radical (unpaired) electrons. The summed E-state index contributed by atoms with van der Waals surface area (Å²) in [4.78, 5) is 4.97. The maximum atomic E-state index is 5.34. The highest BCUT2D eigenvalue weighted by Crippen LogP contribution is 2.42. The monoisotopic (exact) mass is 425 g/mol. The SMILES string of the molecule is CCn1c(-c2ccccc2)c(-c2csc(Nc3cccc(OC)c3)n2)c2ccccc21. The minimum Gasteiger partial charge on any atom is -0.497 e. The highest BCUT2D eigenvalue weighted by Gasteiger charge is 2.21. The highest BCUT2D eigenvalue weighted by molar-refractivity contribution is 7.14. The molecule has 4 nitrogen and oxygen atoms in total. The summed E-state index contributed by atoms with van der Waals surface area (Å²) in [6.07, 6.45) is 0. The van der Waals surface area contributed by atoms with Gasteiger partial charge in [0, 0.05) is 40.1 Å². The van der Waals surface area contributed by atoms with Crippen LogP contribution in [0.5, 0.6) is 5.75 Å². The Labute approximate surface area is 185 Å². The molecule has 2 heterocycles. The minimum atomic E-state index is 0.819. The molecule has 0 aliphatic carbocycles. The zero-order valence-corrected chi connectivity index (χ0v) is 18.3. The Kier molecular flexibility index (Phi) is 5.18. The highest BCUT2D eigenvalue weighted by atomic mass is 32.1. The Bertz CT molecular complexity index is 1340. The smallest absolute Gasteiger partial charge is 0.187 e. The molecule has 31 heavy (non-hydrogen) atoms. The maximum absolute atomic E-state index is 5.34. The maximum Gasteiger partial charge on any atom is 0.187 e. The van der Waals surface area contributed by atoms with Crippen molar-refractivity contribution >= 4 is 33.1 Å². The molecule has 0 unspecified atom stereocenters. The first kappa shape index (κ1) is 19.4. The van der Waals surface area contributed by atoms with Crippen LogP contribution in [0.25, 0.3) is 33.4 Å². The van der Waals surface area contributed by atoms with Gasteiger partial charge in [0.1, 0.15) is 5.75 Å². The van der Waals surface area contributed by atoms with Crippen molar-refractivity contribution in [1.29, 1.82) is 0 Å². The fraction of sp³-hybridized carbons (Fsp3) is 0.115. The Balaban J connectivity index is 1.64. The van der Waals surface area contributed by atoms with Gasteiger partial charge in [-0.2, -0.15) is 0 Å². The van der Waals surface area contributed by atoms with Gasteiger partial charge >= 0.3 is 0 Å². The molecule has 0 bridgehead atoms. The molecule has 0 saturated heterocycles. The number of methoxy groups -OCH3 is 1. The van der Waals surface area contributed by atoms with E-state index in [0.717, 1.165) is 28.8 Å². The fourth-order valence-corrected chi connectivity index (χ4v) is 4.78. The molecule has 154 valence electrons. The standard InChI is InChI=1S/C26H23N3OS/c1-3-29-23-15-8-7-14-21(23)24(25(29)18-10-5-4-6-11-18)22-17-31-26(28-22)27-19-12-9-13-20(16-19)30-2/h4-17H,3H2,1-2H3,(H,27,28). The lowest BCUT2D eigenvalue weighted by atomic mass is 10.0. The Morgan fingerprint density at radius 2 is 1.77 bits per heavy atom. The van der Waals surface area contributed by atoms with Crippen LogP contribution in [0.1, 0.15) is 6.92 Å². The lowest BCUT2D eigenvalue weighted by molar-refractivity contribution is 0.415. The second kappa shape index (κ2) is 8.28. The van der Waals surface area contributed by atoms with Crippen molar-refractivity contribution in [3.05, 3.63) is 84.2 Å². The topological polar surface area (TPSA) is 39.1 Å². The second-order valence-electron chi connectivity index (χ2n) is 7.25. The average molecular weight is 426 g/mol. The lowest BCUT2D eigenvalue weighted by Crippen LogP contribution is -1.97. The quantitative estimate of drug-likeness (QED) is 0.312. The van der Waals surface area contributed by atoms with E-state index in [1.807, 2.05) is 24.3 Å². The normalized spacial score (nSPS) is 11.0. The van der Waals surface area contributed by atoms with E-state index >= 15 is 0 Å². The van der Waals surface area contributed by atoms with Gasteiger partial charge in [-0.25, -0.2) is 4.98 Å². The van der Waals surface area contributed by atoms with Crippen molar-refractivity contribution in [3.63, 3.8) is 0 Å². The minimum absolute atomic E-state index is 0.819. The van der Waals surface area contributed by atoms with Crippen LogP contribution >= 0.6 is 11.3 Å². The molecule has 0 spiro atoms. The number of aryl methyl sites for hydroxylation is 1. The molecule has 5 aromatic rings. The fourth-order valence-electron chi connectivity index (χ4n) is 4.06. The van der Waals surface area contributed by atoms with Crippen LogP contribution in [0.2, 0.25) is 0 Å². The second-order valence-corrected chi connectivity index (χ2v) is 8.10. The summed E-state index contributed by atoms with van der Waals surface area (Å²) in [7, 11) is 1.68. The van der Waals surface area contributed by atoms with Crippen molar-refractivity contribution in [1.82, 2.24) is 9.55 Å². The third-order valence-electron chi connectivity index (χ3n) is 5.42. The molecule has 0 saturated carbocycles. The summed E-state index contributed by atoms with van der Waals surface area (Å²) in [6, 6.07) is 27.1. The Morgan fingerprint density at radius 1 is 0.968 bits per heavy atom. The number of fused-ring (bicyclic) bond motifs is 1. The van der Waals surface area contributed by atoms with Gasteiger partial charge in [-0.1, -0.05) is 54.6 Å². The van der Waals surface area contributed by atoms with Crippen molar-refractivity contribution in [2.24, 2.45) is 0 Å². The van der Waals surface area contributed by atoms with Crippen LogP contribution in [0.3, 0.4) is 0 Å². The number of hydrogen-bond donors (Lipinski definition) is 1. The first-order chi connectivity index (χ1) is 15.3. The average Bonchev–Trinajstić information content (AvgIpc) is 3.41. The summed E-state index contributed by atoms with van der Waals surface area (Å²) in [5.41, 5.74) is 6.76. The number of benzene rings is 3. The van der Waals surface area contributed by atoms with Crippen LogP contribution in [0.4, 0.5) is 10.8 Å². The number of anilines is 2. The van der Waals surface area contributed by atoms with E-state index in [9.17, 15) is 0 Å². The summed E-state index contributed by atoms with van der Waals surface area (Å²) < 4.78 is 7.72. The number of thiazole rings is 1. The molecule has 0 amide bonds. The van der Waals surface area contributed by atoms with E-state index in [1.165, 1.54) is 27.7 Å². The molecular weight excluding hydrogens is 402 g/mol. The van der Waals surface area contributed by atoms with E-state index in [4.69, 9.17) is 9.72 Å². The number of aromatic nitrogens is 2. The predicted octanol–water partition coefficient (Wildman–Crippen LogP) is 7.20. The van der Waals surface area contributed by atoms with E-state index < -0.39 is 0 Å². The summed E-state index contributed by atoms with van der Waals surface area (Å²) in [5.74, 6) is 0.819. The Morgan fingerprint density at radius 3 is 2.58 bits per heavy atom. The van der Waals surface area contributed by atoms with Gasteiger partial charge in [0.2, 0.25) is 0 Å². The number of hydrogen-bond acceptors (Lipinski definition) is 4. The largest absolute Gasteiger partial charge is 0.497 e. The zero-order valence-electron chi connectivity index (χ0n) is 17.5. The predicted molar refractivity (Wildman–Crippen MR) is 130 cm³/mol. The number of ether oxygens (including phenoxy) is 1. The van der Waals surface area contributed by atoms with Gasteiger partial charge in [0.25, 0.3) is 0 Å². The molecule has 0 aliphatic heterocycles. The first-order valence-electron chi connectivity index (χ1n) is 10.3. The number of nitrogens with zero attached hydrogens (tertiary/aromatic N) is 2. The summed E-state index contributed by atoms with van der Waals surface area (Å²) in [5, 5.41) is 7.63. The van der Waals surface area contributed by atoms with Gasteiger partial charge in [-0.15, -0.1) is 11.3 Å². The van der Waals surface area contributed by atoms with Gasteiger partial charge < -0.3 is 14.6 Å². The van der Waals surface area contributed by atoms with Crippen LogP contribution in [0, 0.1) is 0 Å². The van der Waals surface area contributed by atoms with Crippen molar-refractivity contribution in [2.45, 2.75) is 13.5 Å². The van der Waals surface area contributed by atoms with Crippen LogP contribution < -0.4 is 10.1 Å². The number of rotatable bonds is 6. The van der Waals surface area contributed by atoms with Crippen LogP contribution in [0.15, 0.2) is 84.2 Å².